The SMILES string of the molecule is CC(C)(O)CNC12CC3CC(C1)C(N)C(C3)C2. The molecule has 3 nitrogen and oxygen atoms in total. The van der Waals surface area contributed by atoms with E-state index in [0.29, 0.717) is 18.1 Å². The summed E-state index contributed by atoms with van der Waals surface area (Å²) in [6, 6.07) is 0.448. The third kappa shape index (κ3) is 2.13. The fraction of sp³-hybridized carbons (Fsp3) is 1.00. The van der Waals surface area contributed by atoms with Gasteiger partial charge >= 0.3 is 0 Å². The van der Waals surface area contributed by atoms with E-state index in [1.165, 1.54) is 32.1 Å². The minimum Gasteiger partial charge on any atom is -0.389 e. The van der Waals surface area contributed by atoms with E-state index < -0.39 is 5.60 Å². The summed E-state index contributed by atoms with van der Waals surface area (Å²) < 4.78 is 0. The van der Waals surface area contributed by atoms with Crippen molar-refractivity contribution < 1.29 is 5.11 Å². The Labute approximate surface area is 104 Å². The minimum absolute atomic E-state index is 0.298. The molecule has 2 atom stereocenters. The Balaban J connectivity index is 1.72. The van der Waals surface area contributed by atoms with Crippen molar-refractivity contribution in [2.24, 2.45) is 23.5 Å². The van der Waals surface area contributed by atoms with E-state index >= 15 is 0 Å². The molecule has 4 aliphatic rings. The average molecular weight is 238 g/mol. The first-order valence-corrected chi connectivity index (χ1v) is 7.10. The first-order chi connectivity index (χ1) is 7.87. The molecule has 0 saturated heterocycles. The van der Waals surface area contributed by atoms with Crippen molar-refractivity contribution >= 4 is 0 Å². The van der Waals surface area contributed by atoms with E-state index in [9.17, 15) is 5.11 Å². The summed E-state index contributed by atoms with van der Waals surface area (Å²) in [4.78, 5) is 0. The number of nitrogens with two attached hydrogens (primary N) is 1. The molecule has 4 saturated carbocycles. The molecule has 3 heteroatoms. The first-order valence-electron chi connectivity index (χ1n) is 7.10. The second kappa shape index (κ2) is 3.69. The summed E-state index contributed by atoms with van der Waals surface area (Å²) in [5.74, 6) is 2.35. The van der Waals surface area contributed by atoms with Crippen LogP contribution in [0.25, 0.3) is 0 Å². The molecular weight excluding hydrogens is 212 g/mol. The van der Waals surface area contributed by atoms with Crippen molar-refractivity contribution in [3.63, 3.8) is 0 Å². The Bertz CT molecular complexity index is 294. The van der Waals surface area contributed by atoms with Crippen molar-refractivity contribution in [2.75, 3.05) is 6.54 Å². The molecular formula is C14H26N2O. The molecule has 98 valence electrons. The van der Waals surface area contributed by atoms with E-state index in [2.05, 4.69) is 5.32 Å². The lowest BCUT2D eigenvalue weighted by atomic mass is 9.51. The molecule has 4 rings (SSSR count). The van der Waals surface area contributed by atoms with Gasteiger partial charge in [0.25, 0.3) is 0 Å². The summed E-state index contributed by atoms with van der Waals surface area (Å²) >= 11 is 0. The molecule has 0 spiro atoms. The summed E-state index contributed by atoms with van der Waals surface area (Å²) in [6.45, 7) is 4.47. The van der Waals surface area contributed by atoms with Crippen LogP contribution in [0.5, 0.6) is 0 Å². The molecule has 0 aromatic heterocycles. The lowest BCUT2D eigenvalue weighted by Gasteiger charge is -2.60. The van der Waals surface area contributed by atoms with Crippen molar-refractivity contribution in [3.05, 3.63) is 0 Å². The number of rotatable bonds is 3. The fourth-order valence-corrected chi connectivity index (χ4v) is 4.68. The highest BCUT2D eigenvalue weighted by atomic mass is 16.3. The topological polar surface area (TPSA) is 58.3 Å². The van der Waals surface area contributed by atoms with Gasteiger partial charge < -0.3 is 16.2 Å². The second-order valence-corrected chi connectivity index (χ2v) is 7.49. The molecule has 0 aliphatic heterocycles. The lowest BCUT2D eigenvalue weighted by molar-refractivity contribution is -0.0453. The van der Waals surface area contributed by atoms with Crippen LogP contribution in [-0.2, 0) is 0 Å². The Kier molecular flexibility index (Phi) is 2.59. The van der Waals surface area contributed by atoms with E-state index in [-0.39, 0.29) is 0 Å². The third-order valence-corrected chi connectivity index (χ3v) is 5.24. The quantitative estimate of drug-likeness (QED) is 0.693. The number of nitrogens with one attached hydrogen (secondary N) is 1. The predicted molar refractivity (Wildman–Crippen MR) is 68.6 cm³/mol. The highest BCUT2D eigenvalue weighted by molar-refractivity contribution is 5.10. The summed E-state index contributed by atoms with van der Waals surface area (Å²) in [5.41, 5.74) is 6.02. The zero-order valence-electron chi connectivity index (χ0n) is 11.1. The maximum absolute atomic E-state index is 9.88. The maximum Gasteiger partial charge on any atom is 0.0715 e. The third-order valence-electron chi connectivity index (χ3n) is 5.24. The smallest absolute Gasteiger partial charge is 0.0715 e. The Morgan fingerprint density at radius 3 is 2.35 bits per heavy atom. The van der Waals surface area contributed by atoms with Gasteiger partial charge in [0, 0.05) is 18.1 Å². The van der Waals surface area contributed by atoms with Gasteiger partial charge in [0.2, 0.25) is 0 Å². The van der Waals surface area contributed by atoms with Crippen LogP contribution in [0.3, 0.4) is 0 Å². The Hall–Kier alpha value is -0.120. The molecule has 4 aliphatic carbocycles. The summed E-state index contributed by atoms with van der Waals surface area (Å²) in [7, 11) is 0. The van der Waals surface area contributed by atoms with E-state index in [1.807, 2.05) is 13.8 Å². The predicted octanol–water partition coefficient (Wildman–Crippen LogP) is 1.25. The zero-order chi connectivity index (χ0) is 12.3. The number of hydrogen-bond donors (Lipinski definition) is 3. The van der Waals surface area contributed by atoms with Gasteiger partial charge in [0.1, 0.15) is 0 Å². The first kappa shape index (κ1) is 11.9. The largest absolute Gasteiger partial charge is 0.389 e. The van der Waals surface area contributed by atoms with Gasteiger partial charge in [-0.2, -0.15) is 0 Å². The van der Waals surface area contributed by atoms with Crippen LogP contribution in [0.4, 0.5) is 0 Å². The van der Waals surface area contributed by atoms with Crippen molar-refractivity contribution in [3.8, 4) is 0 Å². The molecule has 0 aromatic rings. The zero-order valence-corrected chi connectivity index (χ0v) is 11.1. The normalized spacial score (nSPS) is 48.7. The second-order valence-electron chi connectivity index (χ2n) is 7.49. The average Bonchev–Trinajstić information content (AvgIpc) is 2.21. The van der Waals surface area contributed by atoms with Gasteiger partial charge in [-0.25, -0.2) is 0 Å². The molecule has 0 amide bonds. The molecule has 0 aromatic carbocycles. The van der Waals surface area contributed by atoms with Gasteiger partial charge in [-0.05, 0) is 63.7 Å². The molecule has 17 heavy (non-hydrogen) atoms. The van der Waals surface area contributed by atoms with Gasteiger partial charge in [0.05, 0.1) is 5.60 Å². The van der Waals surface area contributed by atoms with Crippen LogP contribution in [-0.4, -0.2) is 28.8 Å². The number of β-amino-alcohol motifs (C(OH)–C–C–N with tert-alkyl or cyclic N) is 1. The molecule has 0 radical (unpaired) electrons. The van der Waals surface area contributed by atoms with Gasteiger partial charge in [0.15, 0.2) is 0 Å². The van der Waals surface area contributed by atoms with E-state index in [1.54, 1.807) is 0 Å². The fourth-order valence-electron chi connectivity index (χ4n) is 4.68. The van der Waals surface area contributed by atoms with E-state index in [4.69, 9.17) is 5.73 Å². The molecule has 4 N–H and O–H groups in total. The standard InChI is InChI=1S/C14H26N2O/c1-13(2,17)8-16-14-5-9-3-10(6-14)12(15)11(4-9)7-14/h9-12,16-17H,3-8,15H2,1-2H3. The van der Waals surface area contributed by atoms with Gasteiger partial charge in [-0.15, -0.1) is 0 Å². The monoisotopic (exact) mass is 238 g/mol. The molecule has 4 bridgehead atoms. The van der Waals surface area contributed by atoms with Crippen molar-refractivity contribution in [1.29, 1.82) is 0 Å². The van der Waals surface area contributed by atoms with Crippen molar-refractivity contribution in [1.82, 2.24) is 5.32 Å². The Morgan fingerprint density at radius 1 is 1.24 bits per heavy atom. The van der Waals surface area contributed by atoms with E-state index in [0.717, 1.165) is 17.8 Å². The highest BCUT2D eigenvalue weighted by Crippen LogP contribution is 2.55. The van der Waals surface area contributed by atoms with Crippen LogP contribution >= 0.6 is 0 Å². The summed E-state index contributed by atoms with van der Waals surface area (Å²) in [6.07, 6.45) is 6.48. The lowest BCUT2D eigenvalue weighted by Crippen LogP contribution is -2.65. The van der Waals surface area contributed by atoms with Crippen LogP contribution in [0.15, 0.2) is 0 Å². The number of aliphatic hydroxyl groups is 1. The highest BCUT2D eigenvalue weighted by Gasteiger charge is 2.54. The van der Waals surface area contributed by atoms with Crippen LogP contribution in [0.2, 0.25) is 0 Å². The molecule has 2 unspecified atom stereocenters. The summed E-state index contributed by atoms with van der Waals surface area (Å²) in [5, 5.41) is 13.6. The van der Waals surface area contributed by atoms with Gasteiger partial charge in [-0.1, -0.05) is 0 Å². The molecule has 4 fully saturated rings. The number of hydrogen-bond acceptors (Lipinski definition) is 3. The van der Waals surface area contributed by atoms with Crippen LogP contribution < -0.4 is 11.1 Å². The molecule has 0 heterocycles. The van der Waals surface area contributed by atoms with Crippen molar-refractivity contribution in [2.45, 2.75) is 63.1 Å². The maximum atomic E-state index is 9.88. The van der Waals surface area contributed by atoms with Gasteiger partial charge in [-0.3, -0.25) is 0 Å². The van der Waals surface area contributed by atoms with Crippen LogP contribution in [0.1, 0.15) is 46.0 Å². The Morgan fingerprint density at radius 2 is 1.82 bits per heavy atom. The minimum atomic E-state index is -0.606. The van der Waals surface area contributed by atoms with Crippen LogP contribution in [0, 0.1) is 17.8 Å².